The molecule has 1 aliphatic rings. The molecule has 2 aromatic rings. The Kier molecular flexibility index (Phi) is 3.71. The summed E-state index contributed by atoms with van der Waals surface area (Å²) in [6.07, 6.45) is 0.422. The Bertz CT molecular complexity index is 664. The van der Waals surface area contributed by atoms with Crippen LogP contribution in [-0.2, 0) is 0 Å². The van der Waals surface area contributed by atoms with Crippen molar-refractivity contribution in [3.63, 3.8) is 0 Å². The van der Waals surface area contributed by atoms with Gasteiger partial charge < -0.3 is 10.5 Å². The van der Waals surface area contributed by atoms with Crippen LogP contribution >= 0.6 is 27.5 Å². The number of fused-ring (bicyclic) bond motifs is 1. The van der Waals surface area contributed by atoms with Gasteiger partial charge in [-0.15, -0.1) is 0 Å². The van der Waals surface area contributed by atoms with Gasteiger partial charge in [-0.1, -0.05) is 33.6 Å². The van der Waals surface area contributed by atoms with Gasteiger partial charge in [0, 0.05) is 33.1 Å². The number of hydrogen-bond donors (Lipinski definition) is 1. The first-order chi connectivity index (χ1) is 9.54. The zero-order chi connectivity index (χ0) is 14.3. The van der Waals surface area contributed by atoms with Gasteiger partial charge in [0.15, 0.2) is 0 Å². The van der Waals surface area contributed by atoms with E-state index in [1.807, 2.05) is 18.2 Å². The van der Waals surface area contributed by atoms with Crippen LogP contribution in [0.1, 0.15) is 29.7 Å². The van der Waals surface area contributed by atoms with Crippen molar-refractivity contribution in [1.82, 2.24) is 0 Å². The van der Waals surface area contributed by atoms with E-state index in [0.717, 1.165) is 10.0 Å². The lowest BCUT2D eigenvalue weighted by Crippen LogP contribution is -2.24. The second kappa shape index (κ2) is 5.35. The molecule has 0 saturated heterocycles. The molecular weight excluding hydrogens is 345 g/mol. The topological polar surface area (TPSA) is 35.2 Å². The highest BCUT2D eigenvalue weighted by molar-refractivity contribution is 9.10. The average Bonchev–Trinajstić information content (AvgIpc) is 2.39. The molecule has 1 unspecified atom stereocenters. The summed E-state index contributed by atoms with van der Waals surface area (Å²) in [4.78, 5) is 0. The normalized spacial score (nSPS) is 21.2. The molecule has 0 amide bonds. The average molecular weight is 357 g/mol. The molecule has 2 N–H and O–H groups in total. The van der Waals surface area contributed by atoms with Crippen molar-refractivity contribution < 1.29 is 9.13 Å². The zero-order valence-electron chi connectivity index (χ0n) is 10.4. The SMILES string of the molecule is N[C@H]1CC(c2ccc(Cl)cc2Br)Oc2ccc(F)cc21. The first kappa shape index (κ1) is 13.9. The molecule has 3 rings (SSSR count). The monoisotopic (exact) mass is 355 g/mol. The number of benzene rings is 2. The number of nitrogens with two attached hydrogens (primary N) is 1. The molecule has 2 atom stereocenters. The van der Waals surface area contributed by atoms with Crippen molar-refractivity contribution in [1.29, 1.82) is 0 Å². The minimum Gasteiger partial charge on any atom is -0.485 e. The Balaban J connectivity index is 1.97. The molecule has 0 fully saturated rings. The summed E-state index contributed by atoms with van der Waals surface area (Å²) in [5, 5.41) is 0.656. The third-order valence-electron chi connectivity index (χ3n) is 3.42. The number of halogens is 3. The smallest absolute Gasteiger partial charge is 0.127 e. The summed E-state index contributed by atoms with van der Waals surface area (Å²) < 4.78 is 20.1. The molecule has 0 radical (unpaired) electrons. The van der Waals surface area contributed by atoms with Gasteiger partial charge in [-0.05, 0) is 30.3 Å². The van der Waals surface area contributed by atoms with Gasteiger partial charge in [-0.3, -0.25) is 0 Å². The summed E-state index contributed by atoms with van der Waals surface area (Å²) in [6, 6.07) is 9.75. The highest BCUT2D eigenvalue weighted by atomic mass is 79.9. The highest BCUT2D eigenvalue weighted by Crippen LogP contribution is 2.42. The maximum absolute atomic E-state index is 13.3. The molecule has 0 aromatic heterocycles. The van der Waals surface area contributed by atoms with E-state index in [9.17, 15) is 4.39 Å². The summed E-state index contributed by atoms with van der Waals surface area (Å²) in [7, 11) is 0. The van der Waals surface area contributed by atoms with Crippen LogP contribution in [0.3, 0.4) is 0 Å². The fraction of sp³-hybridized carbons (Fsp3) is 0.200. The van der Waals surface area contributed by atoms with Gasteiger partial charge in [-0.25, -0.2) is 4.39 Å². The van der Waals surface area contributed by atoms with Crippen molar-refractivity contribution in [2.75, 3.05) is 0 Å². The van der Waals surface area contributed by atoms with Crippen molar-refractivity contribution in [2.45, 2.75) is 18.6 Å². The third kappa shape index (κ3) is 2.55. The van der Waals surface area contributed by atoms with Crippen LogP contribution in [0.15, 0.2) is 40.9 Å². The predicted octanol–water partition coefficient (Wildman–Crippen LogP) is 4.77. The second-order valence-corrected chi connectivity index (χ2v) is 6.09. The van der Waals surface area contributed by atoms with E-state index < -0.39 is 0 Å². The molecule has 2 nitrogen and oxygen atoms in total. The summed E-state index contributed by atoms with van der Waals surface area (Å²) in [5.74, 6) is 0.339. The molecule has 104 valence electrons. The molecule has 0 saturated carbocycles. The second-order valence-electron chi connectivity index (χ2n) is 4.80. The van der Waals surface area contributed by atoms with E-state index in [-0.39, 0.29) is 18.0 Å². The van der Waals surface area contributed by atoms with E-state index in [1.54, 1.807) is 6.07 Å². The van der Waals surface area contributed by atoms with E-state index in [1.165, 1.54) is 12.1 Å². The van der Waals surface area contributed by atoms with Crippen LogP contribution in [0.5, 0.6) is 5.75 Å². The summed E-state index contributed by atoms with van der Waals surface area (Å²) >= 11 is 9.43. The molecule has 0 bridgehead atoms. The summed E-state index contributed by atoms with van der Waals surface area (Å²) in [6.45, 7) is 0. The van der Waals surface area contributed by atoms with Gasteiger partial charge in [0.25, 0.3) is 0 Å². The minimum absolute atomic E-state index is 0.172. The van der Waals surface area contributed by atoms with Crippen molar-refractivity contribution in [2.24, 2.45) is 5.73 Å². The molecule has 2 aromatic carbocycles. The fourth-order valence-electron chi connectivity index (χ4n) is 2.43. The predicted molar refractivity (Wildman–Crippen MR) is 80.5 cm³/mol. The largest absolute Gasteiger partial charge is 0.485 e. The highest BCUT2D eigenvalue weighted by Gasteiger charge is 2.28. The van der Waals surface area contributed by atoms with E-state index in [4.69, 9.17) is 22.1 Å². The molecule has 0 spiro atoms. The van der Waals surface area contributed by atoms with Gasteiger partial charge in [-0.2, -0.15) is 0 Å². The lowest BCUT2D eigenvalue weighted by Gasteiger charge is -2.31. The Labute approximate surface area is 129 Å². The quantitative estimate of drug-likeness (QED) is 0.799. The van der Waals surface area contributed by atoms with Crippen LogP contribution < -0.4 is 10.5 Å². The van der Waals surface area contributed by atoms with Gasteiger partial charge >= 0.3 is 0 Å². The van der Waals surface area contributed by atoms with Gasteiger partial charge in [0.1, 0.15) is 17.7 Å². The first-order valence-corrected chi connectivity index (χ1v) is 7.38. The Morgan fingerprint density at radius 1 is 1.20 bits per heavy atom. The standard InChI is InChI=1S/C15H12BrClFNO/c16-12-5-8(17)1-3-10(12)15-7-13(19)11-6-9(18)2-4-14(11)20-15/h1-6,13,15H,7,19H2/t13-,15?/m0/s1. The number of ether oxygens (including phenoxy) is 1. The fourth-order valence-corrected chi connectivity index (χ4v) is 3.37. The van der Waals surface area contributed by atoms with E-state index in [2.05, 4.69) is 15.9 Å². The number of hydrogen-bond acceptors (Lipinski definition) is 2. The van der Waals surface area contributed by atoms with Crippen LogP contribution in [0.4, 0.5) is 4.39 Å². The lowest BCUT2D eigenvalue weighted by molar-refractivity contribution is 0.160. The zero-order valence-corrected chi connectivity index (χ0v) is 12.8. The van der Waals surface area contributed by atoms with Crippen molar-refractivity contribution in [3.8, 4) is 5.75 Å². The molecular formula is C15H12BrClFNO. The van der Waals surface area contributed by atoms with E-state index in [0.29, 0.717) is 22.8 Å². The van der Waals surface area contributed by atoms with Crippen LogP contribution in [0.25, 0.3) is 0 Å². The number of rotatable bonds is 1. The van der Waals surface area contributed by atoms with Crippen LogP contribution in [-0.4, -0.2) is 0 Å². The van der Waals surface area contributed by atoms with Gasteiger partial charge in [0.05, 0.1) is 0 Å². The lowest BCUT2D eigenvalue weighted by atomic mass is 9.93. The molecule has 5 heteroatoms. The van der Waals surface area contributed by atoms with Crippen LogP contribution in [0, 0.1) is 5.82 Å². The van der Waals surface area contributed by atoms with E-state index >= 15 is 0 Å². The Morgan fingerprint density at radius 3 is 2.75 bits per heavy atom. The molecule has 1 aliphatic heterocycles. The Morgan fingerprint density at radius 2 is 2.00 bits per heavy atom. The van der Waals surface area contributed by atoms with Gasteiger partial charge in [0.2, 0.25) is 0 Å². The van der Waals surface area contributed by atoms with Crippen LogP contribution in [0.2, 0.25) is 5.02 Å². The summed E-state index contributed by atoms with van der Waals surface area (Å²) in [5.41, 5.74) is 7.84. The maximum atomic E-state index is 13.3. The minimum atomic E-state index is -0.297. The first-order valence-electron chi connectivity index (χ1n) is 6.21. The molecule has 20 heavy (non-hydrogen) atoms. The van der Waals surface area contributed by atoms with Crippen molar-refractivity contribution in [3.05, 3.63) is 62.8 Å². The maximum Gasteiger partial charge on any atom is 0.127 e. The van der Waals surface area contributed by atoms with Crippen molar-refractivity contribution >= 4 is 27.5 Å². The Hall–Kier alpha value is -1.10. The third-order valence-corrected chi connectivity index (χ3v) is 4.34. The molecule has 1 heterocycles. The molecule has 0 aliphatic carbocycles.